The second-order valence-electron chi connectivity index (χ2n) is 4.46. The number of halogens is 1. The van der Waals surface area contributed by atoms with E-state index in [4.69, 9.17) is 20.8 Å². The molecule has 2 aromatic rings. The number of benzene rings is 1. The molecule has 1 N–H and O–H groups in total. The number of carbonyl (C=O) groups is 1. The minimum Gasteiger partial charge on any atom is -0.494 e. The minimum absolute atomic E-state index is 0.278. The van der Waals surface area contributed by atoms with Crippen LogP contribution in [0.25, 0.3) is 0 Å². The molecular weight excluding hydrogens is 290 g/mol. The number of amides is 1. The Bertz CT molecular complexity index is 622. The molecule has 1 amide bonds. The van der Waals surface area contributed by atoms with Gasteiger partial charge in [-0.2, -0.15) is 0 Å². The number of ether oxygens (including phenoxy) is 1. The fourth-order valence-corrected chi connectivity index (χ4v) is 2.15. The highest BCUT2D eigenvalue weighted by atomic mass is 35.5. The van der Waals surface area contributed by atoms with E-state index < -0.39 is 0 Å². The molecule has 5 heteroatoms. The summed E-state index contributed by atoms with van der Waals surface area (Å²) in [7, 11) is 0. The molecule has 0 unspecified atom stereocenters. The molecule has 21 heavy (non-hydrogen) atoms. The molecule has 112 valence electrons. The zero-order valence-electron chi connectivity index (χ0n) is 12.1. The summed E-state index contributed by atoms with van der Waals surface area (Å²) in [6.07, 6.45) is 0.757. The molecule has 0 spiro atoms. The van der Waals surface area contributed by atoms with Crippen LogP contribution in [-0.4, -0.2) is 12.5 Å². The monoisotopic (exact) mass is 307 g/mol. The zero-order valence-corrected chi connectivity index (χ0v) is 12.9. The summed E-state index contributed by atoms with van der Waals surface area (Å²) in [5.74, 6) is 1.86. The van der Waals surface area contributed by atoms with Gasteiger partial charge in [0.25, 0.3) is 5.91 Å². The van der Waals surface area contributed by atoms with Crippen LogP contribution in [0.3, 0.4) is 0 Å². The van der Waals surface area contributed by atoms with E-state index in [1.807, 2.05) is 13.8 Å². The van der Waals surface area contributed by atoms with Gasteiger partial charge in [-0.15, -0.1) is 11.6 Å². The first-order valence-corrected chi connectivity index (χ1v) is 7.43. The molecule has 0 saturated heterocycles. The molecule has 0 bridgehead atoms. The van der Waals surface area contributed by atoms with E-state index in [-0.39, 0.29) is 5.91 Å². The van der Waals surface area contributed by atoms with E-state index in [9.17, 15) is 4.79 Å². The zero-order chi connectivity index (χ0) is 15.2. The van der Waals surface area contributed by atoms with Crippen LogP contribution < -0.4 is 10.1 Å². The second-order valence-corrected chi connectivity index (χ2v) is 4.73. The predicted molar refractivity (Wildman–Crippen MR) is 83.2 cm³/mol. The van der Waals surface area contributed by atoms with Crippen molar-refractivity contribution in [3.05, 3.63) is 47.4 Å². The van der Waals surface area contributed by atoms with Gasteiger partial charge < -0.3 is 14.5 Å². The molecule has 1 aromatic carbocycles. The van der Waals surface area contributed by atoms with Crippen LogP contribution in [0.2, 0.25) is 0 Å². The first-order valence-electron chi connectivity index (χ1n) is 6.89. The molecule has 0 aliphatic rings. The van der Waals surface area contributed by atoms with Crippen molar-refractivity contribution in [2.24, 2.45) is 0 Å². The highest BCUT2D eigenvalue weighted by molar-refractivity contribution is 6.17. The molecule has 2 rings (SSSR count). The molecule has 0 atom stereocenters. The lowest BCUT2D eigenvalue weighted by molar-refractivity contribution is 0.0995. The summed E-state index contributed by atoms with van der Waals surface area (Å²) in [4.78, 5) is 12.1. The Kier molecular flexibility index (Phi) is 5.28. The molecule has 1 aromatic heterocycles. The van der Waals surface area contributed by atoms with Crippen molar-refractivity contribution in [3.8, 4) is 5.75 Å². The first-order chi connectivity index (χ1) is 10.2. The van der Waals surface area contributed by atoms with Gasteiger partial charge in [-0.25, -0.2) is 0 Å². The normalized spacial score (nSPS) is 10.4. The van der Waals surface area contributed by atoms with Crippen molar-refractivity contribution >= 4 is 23.2 Å². The van der Waals surface area contributed by atoms with Gasteiger partial charge in [-0.3, -0.25) is 4.79 Å². The van der Waals surface area contributed by atoms with E-state index in [1.54, 1.807) is 30.3 Å². The number of furan rings is 1. The highest BCUT2D eigenvalue weighted by Crippen LogP contribution is 2.25. The van der Waals surface area contributed by atoms with Crippen LogP contribution in [0.5, 0.6) is 5.75 Å². The number of aryl methyl sites for hydroxylation is 1. The Labute approximate surface area is 129 Å². The summed E-state index contributed by atoms with van der Waals surface area (Å²) in [5.41, 5.74) is 1.50. The van der Waals surface area contributed by atoms with Crippen molar-refractivity contribution in [2.45, 2.75) is 26.1 Å². The van der Waals surface area contributed by atoms with Gasteiger partial charge in [0.15, 0.2) is 5.76 Å². The van der Waals surface area contributed by atoms with E-state index in [1.165, 1.54) is 0 Å². The standard InChI is InChI=1S/C16H18ClNO3/c1-3-13-6-8-15(21-13)16(19)18-12-5-7-14(20-4-2)11(9-12)10-17/h5-9H,3-4,10H2,1-2H3,(H,18,19). The summed E-state index contributed by atoms with van der Waals surface area (Å²) in [6.45, 7) is 4.46. The Morgan fingerprint density at radius 3 is 2.71 bits per heavy atom. The summed E-state index contributed by atoms with van der Waals surface area (Å²) in [5, 5.41) is 2.79. The van der Waals surface area contributed by atoms with Crippen LogP contribution in [-0.2, 0) is 12.3 Å². The van der Waals surface area contributed by atoms with E-state index in [0.717, 1.165) is 23.5 Å². The Hall–Kier alpha value is -1.94. The topological polar surface area (TPSA) is 51.5 Å². The quantitative estimate of drug-likeness (QED) is 0.812. The van der Waals surface area contributed by atoms with Gasteiger partial charge >= 0.3 is 0 Å². The van der Waals surface area contributed by atoms with Crippen molar-refractivity contribution in [1.82, 2.24) is 0 Å². The molecule has 0 aliphatic heterocycles. The first kappa shape index (κ1) is 15.4. The smallest absolute Gasteiger partial charge is 0.291 e. The SMILES string of the molecule is CCOc1ccc(NC(=O)c2ccc(CC)o2)cc1CCl. The third-order valence-electron chi connectivity index (χ3n) is 3.00. The maximum atomic E-state index is 12.1. The van der Waals surface area contributed by atoms with Crippen molar-refractivity contribution in [1.29, 1.82) is 0 Å². The fraction of sp³-hybridized carbons (Fsp3) is 0.312. The molecule has 0 saturated carbocycles. The molecule has 1 heterocycles. The predicted octanol–water partition coefficient (Wildman–Crippen LogP) is 4.23. The van der Waals surface area contributed by atoms with Gasteiger partial charge in [0.05, 0.1) is 12.5 Å². The van der Waals surface area contributed by atoms with Gasteiger partial charge in [0, 0.05) is 17.7 Å². The maximum Gasteiger partial charge on any atom is 0.291 e. The van der Waals surface area contributed by atoms with E-state index >= 15 is 0 Å². The lowest BCUT2D eigenvalue weighted by Gasteiger charge is -2.10. The summed E-state index contributed by atoms with van der Waals surface area (Å²) < 4.78 is 10.9. The molecule has 0 aliphatic carbocycles. The number of carbonyl (C=O) groups excluding carboxylic acids is 1. The van der Waals surface area contributed by atoms with Crippen molar-refractivity contribution in [2.75, 3.05) is 11.9 Å². The number of nitrogens with one attached hydrogen (secondary N) is 1. The van der Waals surface area contributed by atoms with Gasteiger partial charge in [0.1, 0.15) is 11.5 Å². The van der Waals surface area contributed by atoms with Gasteiger partial charge in [0.2, 0.25) is 0 Å². The molecule has 4 nitrogen and oxygen atoms in total. The average Bonchev–Trinajstić information content (AvgIpc) is 2.98. The lowest BCUT2D eigenvalue weighted by atomic mass is 10.2. The lowest BCUT2D eigenvalue weighted by Crippen LogP contribution is -2.11. The van der Waals surface area contributed by atoms with Crippen LogP contribution in [0.15, 0.2) is 34.7 Å². The molecular formula is C16H18ClNO3. The Morgan fingerprint density at radius 2 is 2.10 bits per heavy atom. The molecule has 0 radical (unpaired) electrons. The Balaban J connectivity index is 2.13. The van der Waals surface area contributed by atoms with Crippen LogP contribution >= 0.6 is 11.6 Å². The van der Waals surface area contributed by atoms with Crippen LogP contribution in [0.4, 0.5) is 5.69 Å². The van der Waals surface area contributed by atoms with Crippen LogP contribution in [0.1, 0.15) is 35.7 Å². The van der Waals surface area contributed by atoms with Crippen molar-refractivity contribution in [3.63, 3.8) is 0 Å². The number of anilines is 1. The maximum absolute atomic E-state index is 12.1. The van der Waals surface area contributed by atoms with E-state index in [2.05, 4.69) is 5.32 Å². The van der Waals surface area contributed by atoms with E-state index in [0.29, 0.717) is 23.9 Å². The second kappa shape index (κ2) is 7.18. The average molecular weight is 308 g/mol. The number of hydrogen-bond acceptors (Lipinski definition) is 3. The Morgan fingerprint density at radius 1 is 1.29 bits per heavy atom. The minimum atomic E-state index is -0.278. The fourth-order valence-electron chi connectivity index (χ4n) is 1.94. The number of alkyl halides is 1. The molecule has 0 fully saturated rings. The van der Waals surface area contributed by atoms with Crippen molar-refractivity contribution < 1.29 is 13.9 Å². The summed E-state index contributed by atoms with van der Waals surface area (Å²) >= 11 is 5.90. The summed E-state index contributed by atoms with van der Waals surface area (Å²) in [6, 6.07) is 8.86. The van der Waals surface area contributed by atoms with Crippen LogP contribution in [0, 0.1) is 0 Å². The third kappa shape index (κ3) is 3.79. The largest absolute Gasteiger partial charge is 0.494 e. The highest BCUT2D eigenvalue weighted by Gasteiger charge is 2.12. The van der Waals surface area contributed by atoms with Gasteiger partial charge in [-0.1, -0.05) is 6.92 Å². The number of rotatable bonds is 6. The van der Waals surface area contributed by atoms with Gasteiger partial charge in [-0.05, 0) is 37.3 Å². The number of hydrogen-bond donors (Lipinski definition) is 1. The third-order valence-corrected chi connectivity index (χ3v) is 3.28.